The molecule has 1 atom stereocenters. The molecule has 158 valence electrons. The third-order valence-corrected chi connectivity index (χ3v) is 5.97. The molecule has 0 spiro atoms. The van der Waals surface area contributed by atoms with Gasteiger partial charge in [-0.05, 0) is 36.8 Å². The van der Waals surface area contributed by atoms with Crippen LogP contribution < -0.4 is 10.0 Å². The van der Waals surface area contributed by atoms with Crippen LogP contribution in [0.4, 0.5) is 24.7 Å². The molecule has 30 heavy (non-hydrogen) atoms. The lowest BCUT2D eigenvalue weighted by atomic mass is 10.0. The van der Waals surface area contributed by atoms with E-state index in [1.54, 1.807) is 18.2 Å². The van der Waals surface area contributed by atoms with Gasteiger partial charge in [0.25, 0.3) is 10.0 Å². The van der Waals surface area contributed by atoms with Crippen LogP contribution >= 0.6 is 11.6 Å². The van der Waals surface area contributed by atoms with Crippen LogP contribution in [0.2, 0.25) is 5.02 Å². The molecule has 0 aliphatic heterocycles. The Labute approximate surface area is 177 Å². The van der Waals surface area contributed by atoms with Crippen molar-refractivity contribution < 1.29 is 21.6 Å². The van der Waals surface area contributed by atoms with Crippen molar-refractivity contribution in [2.24, 2.45) is 0 Å². The first kappa shape index (κ1) is 21.9. The van der Waals surface area contributed by atoms with E-state index in [9.17, 15) is 21.6 Å². The first-order valence-corrected chi connectivity index (χ1v) is 10.7. The van der Waals surface area contributed by atoms with Crippen LogP contribution in [0, 0.1) is 17.6 Å². The number of sulfonamides is 1. The molecular weight excluding hydrogens is 439 g/mol. The van der Waals surface area contributed by atoms with Crippen molar-refractivity contribution in [1.82, 2.24) is 4.98 Å². The van der Waals surface area contributed by atoms with Crippen LogP contribution in [0.5, 0.6) is 0 Å². The maximum absolute atomic E-state index is 14.7. The average molecular weight is 456 g/mol. The van der Waals surface area contributed by atoms with E-state index >= 15 is 0 Å². The highest BCUT2D eigenvalue weighted by Crippen LogP contribution is 2.33. The maximum Gasteiger partial charge on any atom is 0.266 e. The number of aromatic nitrogens is 1. The zero-order chi connectivity index (χ0) is 21.9. The summed E-state index contributed by atoms with van der Waals surface area (Å²) in [5.74, 6) is -2.72. The molecule has 0 unspecified atom stereocenters. The van der Waals surface area contributed by atoms with Gasteiger partial charge in [0, 0.05) is 5.56 Å². The quantitative estimate of drug-likeness (QED) is 0.460. The van der Waals surface area contributed by atoms with Crippen LogP contribution in [0.3, 0.4) is 0 Å². The molecule has 1 heterocycles. The monoisotopic (exact) mass is 455 g/mol. The Morgan fingerprint density at radius 1 is 1.03 bits per heavy atom. The largest absolute Gasteiger partial charge is 0.377 e. The number of benzene rings is 2. The van der Waals surface area contributed by atoms with Crippen molar-refractivity contribution in [2.75, 3.05) is 10.0 Å². The molecule has 10 heteroatoms. The van der Waals surface area contributed by atoms with Gasteiger partial charge in [-0.1, -0.05) is 42.8 Å². The van der Waals surface area contributed by atoms with Crippen LogP contribution in [-0.2, 0) is 10.0 Å². The van der Waals surface area contributed by atoms with Crippen molar-refractivity contribution >= 4 is 33.1 Å². The highest BCUT2D eigenvalue weighted by Gasteiger charge is 2.23. The lowest BCUT2D eigenvalue weighted by Gasteiger charge is -2.21. The van der Waals surface area contributed by atoms with Gasteiger partial charge in [-0.25, -0.2) is 22.2 Å². The van der Waals surface area contributed by atoms with Gasteiger partial charge in [-0.2, -0.15) is 4.39 Å². The number of nitrogens with zero attached hydrogens (tertiary/aromatic N) is 1. The number of rotatable bonds is 7. The van der Waals surface area contributed by atoms with Gasteiger partial charge in [0.1, 0.15) is 22.3 Å². The number of nitrogens with one attached hydrogen (secondary N) is 2. The Hall–Kier alpha value is -2.78. The maximum atomic E-state index is 14.7. The van der Waals surface area contributed by atoms with Gasteiger partial charge in [0.2, 0.25) is 5.95 Å². The van der Waals surface area contributed by atoms with E-state index in [0.717, 1.165) is 18.2 Å². The fourth-order valence-electron chi connectivity index (χ4n) is 2.85. The number of pyridine rings is 1. The topological polar surface area (TPSA) is 71.1 Å². The first-order valence-electron chi connectivity index (χ1n) is 8.86. The Balaban J connectivity index is 1.90. The fourth-order valence-corrected chi connectivity index (χ4v) is 4.22. The third-order valence-electron chi connectivity index (χ3n) is 4.28. The molecule has 5 nitrogen and oxygen atoms in total. The summed E-state index contributed by atoms with van der Waals surface area (Å²) in [5.41, 5.74) is 0.471. The number of halogens is 4. The van der Waals surface area contributed by atoms with Gasteiger partial charge < -0.3 is 5.32 Å². The molecule has 2 aromatic carbocycles. The summed E-state index contributed by atoms with van der Waals surface area (Å²) < 4.78 is 68.9. The molecule has 2 N–H and O–H groups in total. The van der Waals surface area contributed by atoms with Crippen molar-refractivity contribution in [3.8, 4) is 0 Å². The summed E-state index contributed by atoms with van der Waals surface area (Å²) in [4.78, 5) is 2.65. The lowest BCUT2D eigenvalue weighted by molar-refractivity contribution is 0.569. The van der Waals surface area contributed by atoms with Gasteiger partial charge in [0.15, 0.2) is 0 Å². The summed E-state index contributed by atoms with van der Waals surface area (Å²) in [5, 5.41) is 2.86. The summed E-state index contributed by atoms with van der Waals surface area (Å²) in [7, 11) is -4.42. The molecular formula is C20H17ClF3N3O2S. The van der Waals surface area contributed by atoms with Crippen molar-refractivity contribution in [3.63, 3.8) is 0 Å². The zero-order valence-electron chi connectivity index (χ0n) is 15.7. The predicted molar refractivity (Wildman–Crippen MR) is 109 cm³/mol. The second kappa shape index (κ2) is 8.93. The fraction of sp³-hybridized carbons (Fsp3) is 0.150. The molecule has 0 aliphatic rings. The van der Waals surface area contributed by atoms with Crippen molar-refractivity contribution in [2.45, 2.75) is 24.3 Å². The molecule has 0 saturated heterocycles. The predicted octanol–water partition coefficient (Wildman–Crippen LogP) is 5.52. The summed E-state index contributed by atoms with van der Waals surface area (Å²) in [6.07, 6.45) is 0.464. The van der Waals surface area contributed by atoms with E-state index in [4.69, 9.17) is 11.6 Å². The minimum absolute atomic E-state index is 0.0845. The average Bonchev–Trinajstić information content (AvgIpc) is 2.68. The SMILES string of the molecule is CC[C@H](Nc1cc(F)c(S(=O)(=O)Nc2cccc(F)n2)cc1Cl)c1ccccc1F. The van der Waals surface area contributed by atoms with Gasteiger partial charge in [-0.3, -0.25) is 4.72 Å². The molecule has 0 aliphatic carbocycles. The Kier molecular flexibility index (Phi) is 6.52. The molecule has 0 bridgehead atoms. The second-order valence-corrected chi connectivity index (χ2v) is 8.40. The van der Waals surface area contributed by atoms with Gasteiger partial charge >= 0.3 is 0 Å². The van der Waals surface area contributed by atoms with E-state index in [-0.39, 0.29) is 16.5 Å². The van der Waals surface area contributed by atoms with Gasteiger partial charge in [0.05, 0.1) is 16.8 Å². The first-order chi connectivity index (χ1) is 14.2. The summed E-state index contributed by atoms with van der Waals surface area (Å²) in [6.45, 7) is 1.81. The molecule has 3 rings (SSSR count). The van der Waals surface area contributed by atoms with E-state index < -0.39 is 38.5 Å². The normalized spacial score (nSPS) is 12.4. The third kappa shape index (κ3) is 4.85. The van der Waals surface area contributed by atoms with Crippen molar-refractivity contribution in [1.29, 1.82) is 0 Å². The zero-order valence-corrected chi connectivity index (χ0v) is 17.2. The summed E-state index contributed by atoms with van der Waals surface area (Å²) >= 11 is 6.17. The van der Waals surface area contributed by atoms with Crippen molar-refractivity contribution in [3.05, 3.63) is 82.8 Å². The number of anilines is 2. The lowest BCUT2D eigenvalue weighted by Crippen LogP contribution is -2.17. The van der Waals surface area contributed by atoms with E-state index in [0.29, 0.717) is 12.0 Å². The molecule has 1 aromatic heterocycles. The van der Waals surface area contributed by atoms with Crippen LogP contribution in [0.25, 0.3) is 0 Å². The standard InChI is InChI=1S/C20H17ClF3N3O2S/c1-2-16(12-6-3-4-7-14(12)22)25-17-11-15(23)18(10-13(17)21)30(28,29)27-20-9-5-8-19(24)26-20/h3-11,16,25H,2H2,1H3,(H,26,27)/t16-/m0/s1. The van der Waals surface area contributed by atoms with Crippen LogP contribution in [0.1, 0.15) is 24.9 Å². The van der Waals surface area contributed by atoms with Crippen LogP contribution in [-0.4, -0.2) is 13.4 Å². The van der Waals surface area contributed by atoms with Gasteiger partial charge in [-0.15, -0.1) is 0 Å². The summed E-state index contributed by atoms with van der Waals surface area (Å²) in [6, 6.07) is 11.0. The Bertz CT molecular complexity index is 1180. The van der Waals surface area contributed by atoms with E-state index in [1.807, 2.05) is 11.6 Å². The second-order valence-electron chi connectivity index (χ2n) is 6.34. The highest BCUT2D eigenvalue weighted by atomic mass is 35.5. The minimum Gasteiger partial charge on any atom is -0.377 e. The number of hydrogen-bond acceptors (Lipinski definition) is 4. The Morgan fingerprint density at radius 2 is 1.77 bits per heavy atom. The molecule has 0 fully saturated rings. The highest BCUT2D eigenvalue weighted by molar-refractivity contribution is 7.92. The Morgan fingerprint density at radius 3 is 2.43 bits per heavy atom. The number of hydrogen-bond donors (Lipinski definition) is 2. The van der Waals surface area contributed by atoms with E-state index in [1.165, 1.54) is 18.2 Å². The molecule has 0 amide bonds. The van der Waals surface area contributed by atoms with E-state index in [2.05, 4.69) is 10.3 Å². The van der Waals surface area contributed by atoms with Crippen LogP contribution in [0.15, 0.2) is 59.5 Å². The molecule has 0 saturated carbocycles. The molecule has 0 radical (unpaired) electrons. The smallest absolute Gasteiger partial charge is 0.266 e. The molecule has 3 aromatic rings. The minimum atomic E-state index is -4.42.